The van der Waals surface area contributed by atoms with Gasteiger partial charge in [0.15, 0.2) is 0 Å². The molecule has 1 aliphatic carbocycles. The fourth-order valence-electron chi connectivity index (χ4n) is 2.23. The minimum absolute atomic E-state index is 0.0840. The van der Waals surface area contributed by atoms with Gasteiger partial charge in [-0.1, -0.05) is 11.6 Å². The second kappa shape index (κ2) is 5.37. The van der Waals surface area contributed by atoms with Crippen LogP contribution >= 0.6 is 11.6 Å². The maximum absolute atomic E-state index is 12.2. The summed E-state index contributed by atoms with van der Waals surface area (Å²) in [5.41, 5.74) is 0.907. The van der Waals surface area contributed by atoms with Crippen molar-refractivity contribution in [2.75, 3.05) is 5.32 Å². The Kier molecular flexibility index (Phi) is 3.55. The summed E-state index contributed by atoms with van der Waals surface area (Å²) >= 11 is 5.85. The number of rotatable bonds is 3. The monoisotopic (exact) mass is 303 g/mol. The lowest BCUT2D eigenvalue weighted by molar-refractivity contribution is -0.117. The highest BCUT2D eigenvalue weighted by Gasteiger charge is 2.46. The van der Waals surface area contributed by atoms with Gasteiger partial charge >= 0.3 is 0 Å². The molecule has 2 aromatic heterocycles. The molecule has 2 unspecified atom stereocenters. The van der Waals surface area contributed by atoms with E-state index in [0.717, 1.165) is 17.9 Å². The molecule has 1 aliphatic rings. The quantitative estimate of drug-likeness (QED) is 0.880. The van der Waals surface area contributed by atoms with E-state index in [4.69, 9.17) is 11.6 Å². The zero-order valence-electron chi connectivity index (χ0n) is 11.7. The van der Waals surface area contributed by atoms with Gasteiger partial charge in [0.25, 0.3) is 0 Å². The first-order valence-electron chi connectivity index (χ1n) is 6.64. The molecule has 21 heavy (non-hydrogen) atoms. The van der Waals surface area contributed by atoms with Crippen LogP contribution in [0, 0.1) is 19.8 Å². The predicted molar refractivity (Wildman–Crippen MR) is 78.0 cm³/mol. The van der Waals surface area contributed by atoms with Crippen LogP contribution in [0.25, 0.3) is 0 Å². The number of carbonyl (C=O) groups excluding carboxylic acids is 1. The van der Waals surface area contributed by atoms with Crippen molar-refractivity contribution >= 4 is 23.3 Å². The SMILES string of the molecule is Cc1ccnc(C2CC2C(=O)Nc2cc(Cl)nc(C)n2)n1. The smallest absolute Gasteiger partial charge is 0.229 e. The van der Waals surface area contributed by atoms with Crippen molar-refractivity contribution in [3.8, 4) is 0 Å². The second-order valence-corrected chi connectivity index (χ2v) is 5.50. The summed E-state index contributed by atoms with van der Waals surface area (Å²) in [6, 6.07) is 3.37. The highest BCUT2D eigenvalue weighted by molar-refractivity contribution is 6.29. The third kappa shape index (κ3) is 3.16. The van der Waals surface area contributed by atoms with Crippen LogP contribution in [-0.4, -0.2) is 25.8 Å². The highest BCUT2D eigenvalue weighted by Crippen LogP contribution is 2.46. The molecule has 2 atom stereocenters. The Hall–Kier alpha value is -2.08. The number of anilines is 1. The van der Waals surface area contributed by atoms with E-state index in [1.807, 2.05) is 13.0 Å². The van der Waals surface area contributed by atoms with Gasteiger partial charge in [0, 0.05) is 29.8 Å². The van der Waals surface area contributed by atoms with Crippen LogP contribution in [-0.2, 0) is 4.79 Å². The first-order valence-corrected chi connectivity index (χ1v) is 7.02. The number of carbonyl (C=O) groups is 1. The van der Waals surface area contributed by atoms with Crippen molar-refractivity contribution in [1.29, 1.82) is 0 Å². The molecule has 0 aliphatic heterocycles. The van der Waals surface area contributed by atoms with Crippen LogP contribution in [0.4, 0.5) is 5.82 Å². The fourth-order valence-corrected chi connectivity index (χ4v) is 2.46. The lowest BCUT2D eigenvalue weighted by Crippen LogP contribution is -2.16. The molecule has 6 nitrogen and oxygen atoms in total. The molecular formula is C14H14ClN5O. The number of amides is 1. The molecule has 2 aromatic rings. The number of nitrogens with zero attached hydrogens (tertiary/aromatic N) is 4. The summed E-state index contributed by atoms with van der Waals surface area (Å²) in [6.07, 6.45) is 2.48. The zero-order chi connectivity index (χ0) is 15.0. The Bertz CT molecular complexity index is 685. The fraction of sp³-hybridized carbons (Fsp3) is 0.357. The molecule has 0 aromatic carbocycles. The van der Waals surface area contributed by atoms with E-state index in [-0.39, 0.29) is 17.7 Å². The van der Waals surface area contributed by atoms with E-state index in [9.17, 15) is 4.79 Å². The van der Waals surface area contributed by atoms with E-state index >= 15 is 0 Å². The van der Waals surface area contributed by atoms with Crippen molar-refractivity contribution in [3.63, 3.8) is 0 Å². The van der Waals surface area contributed by atoms with E-state index in [1.165, 1.54) is 6.07 Å². The highest BCUT2D eigenvalue weighted by atomic mass is 35.5. The molecule has 7 heteroatoms. The Labute approximate surface area is 127 Å². The minimum atomic E-state index is -0.110. The normalized spacial score (nSPS) is 20.1. The zero-order valence-corrected chi connectivity index (χ0v) is 12.4. The summed E-state index contributed by atoms with van der Waals surface area (Å²) in [4.78, 5) is 28.9. The maximum Gasteiger partial charge on any atom is 0.229 e. The second-order valence-electron chi connectivity index (χ2n) is 5.12. The molecule has 1 fully saturated rings. The molecule has 0 spiro atoms. The van der Waals surface area contributed by atoms with E-state index < -0.39 is 0 Å². The molecule has 3 rings (SSSR count). The maximum atomic E-state index is 12.2. The third-order valence-corrected chi connectivity index (χ3v) is 3.52. The van der Waals surface area contributed by atoms with Crippen LogP contribution in [0.15, 0.2) is 18.3 Å². The topological polar surface area (TPSA) is 80.7 Å². The average Bonchev–Trinajstić information content (AvgIpc) is 3.17. The van der Waals surface area contributed by atoms with Gasteiger partial charge in [0.2, 0.25) is 5.91 Å². The molecule has 0 radical (unpaired) electrons. The summed E-state index contributed by atoms with van der Waals surface area (Å²) < 4.78 is 0. The first-order chi connectivity index (χ1) is 10.0. The summed E-state index contributed by atoms with van der Waals surface area (Å²) in [6.45, 7) is 3.64. The molecular weight excluding hydrogens is 290 g/mol. The molecule has 2 heterocycles. The third-order valence-electron chi connectivity index (χ3n) is 3.33. The van der Waals surface area contributed by atoms with Gasteiger partial charge in [-0.2, -0.15) is 0 Å². The van der Waals surface area contributed by atoms with Crippen molar-refractivity contribution in [2.45, 2.75) is 26.2 Å². The largest absolute Gasteiger partial charge is 0.310 e. The first kappa shape index (κ1) is 13.9. The Balaban J connectivity index is 1.68. The number of aromatic nitrogens is 4. The van der Waals surface area contributed by atoms with Crippen LogP contribution in [0.1, 0.15) is 29.7 Å². The molecule has 0 saturated heterocycles. The number of halogens is 1. The predicted octanol–water partition coefficient (Wildman–Crippen LogP) is 2.28. The summed E-state index contributed by atoms with van der Waals surface area (Å²) in [5.74, 6) is 1.57. The van der Waals surface area contributed by atoms with Crippen LogP contribution in [0.3, 0.4) is 0 Å². The van der Waals surface area contributed by atoms with Crippen molar-refractivity contribution in [2.24, 2.45) is 5.92 Å². The van der Waals surface area contributed by atoms with Crippen LogP contribution < -0.4 is 5.32 Å². The average molecular weight is 304 g/mol. The summed E-state index contributed by atoms with van der Waals surface area (Å²) in [7, 11) is 0. The van der Waals surface area contributed by atoms with Crippen LogP contribution in [0.2, 0.25) is 5.15 Å². The standard InChI is InChI=1S/C14H14ClN5O/c1-7-3-4-16-13(17-7)9-5-10(9)14(21)20-12-6-11(15)18-8(2)19-12/h3-4,6,9-10H,5H2,1-2H3,(H,18,19,20,21). The van der Waals surface area contributed by atoms with Gasteiger partial charge in [0.1, 0.15) is 22.6 Å². The lowest BCUT2D eigenvalue weighted by Gasteiger charge is -2.05. The Morgan fingerprint density at radius 3 is 2.86 bits per heavy atom. The van der Waals surface area contributed by atoms with Gasteiger partial charge in [-0.15, -0.1) is 0 Å². The molecule has 108 valence electrons. The van der Waals surface area contributed by atoms with E-state index in [0.29, 0.717) is 16.8 Å². The molecule has 1 N–H and O–H groups in total. The van der Waals surface area contributed by atoms with Gasteiger partial charge in [-0.25, -0.2) is 19.9 Å². The molecule has 1 saturated carbocycles. The van der Waals surface area contributed by atoms with E-state index in [1.54, 1.807) is 13.1 Å². The Morgan fingerprint density at radius 2 is 2.14 bits per heavy atom. The van der Waals surface area contributed by atoms with Crippen LogP contribution in [0.5, 0.6) is 0 Å². The van der Waals surface area contributed by atoms with Gasteiger partial charge in [-0.05, 0) is 26.3 Å². The van der Waals surface area contributed by atoms with Crippen molar-refractivity contribution < 1.29 is 4.79 Å². The molecule has 0 bridgehead atoms. The molecule has 1 amide bonds. The van der Waals surface area contributed by atoms with Gasteiger partial charge < -0.3 is 5.32 Å². The number of hydrogen-bond acceptors (Lipinski definition) is 5. The lowest BCUT2D eigenvalue weighted by atomic mass is 10.2. The van der Waals surface area contributed by atoms with Gasteiger partial charge in [-0.3, -0.25) is 4.79 Å². The van der Waals surface area contributed by atoms with Crippen molar-refractivity contribution in [3.05, 3.63) is 40.8 Å². The summed E-state index contributed by atoms with van der Waals surface area (Å²) in [5, 5.41) is 3.08. The Morgan fingerprint density at radius 1 is 1.33 bits per heavy atom. The minimum Gasteiger partial charge on any atom is -0.310 e. The number of hydrogen-bond donors (Lipinski definition) is 1. The van der Waals surface area contributed by atoms with Crippen molar-refractivity contribution in [1.82, 2.24) is 19.9 Å². The number of nitrogens with one attached hydrogen (secondary N) is 1. The van der Waals surface area contributed by atoms with E-state index in [2.05, 4.69) is 25.3 Å². The van der Waals surface area contributed by atoms with Gasteiger partial charge in [0.05, 0.1) is 0 Å². The number of aryl methyl sites for hydroxylation is 2.